The number of aromatic amines is 1. The van der Waals surface area contributed by atoms with Gasteiger partial charge < -0.3 is 25.6 Å². The van der Waals surface area contributed by atoms with Crippen LogP contribution in [0.3, 0.4) is 0 Å². The summed E-state index contributed by atoms with van der Waals surface area (Å²) in [5, 5.41) is 15.9. The molecule has 37 heavy (non-hydrogen) atoms. The Labute approximate surface area is 215 Å². The highest BCUT2D eigenvalue weighted by atomic mass is 16.4. The molecule has 3 aromatic rings. The first kappa shape index (κ1) is 24.8. The monoisotopic (exact) mass is 503 g/mol. The molecule has 1 aliphatic heterocycles. The zero-order valence-electron chi connectivity index (χ0n) is 20.8. The molecule has 9 heteroatoms. The average Bonchev–Trinajstić information content (AvgIpc) is 3.27. The number of imidazole rings is 1. The number of amides is 2. The average molecular weight is 504 g/mol. The number of carbonyl (C=O) groups is 3. The molecule has 2 heterocycles. The Balaban J connectivity index is 1.13. The van der Waals surface area contributed by atoms with Gasteiger partial charge >= 0.3 is 5.97 Å². The van der Waals surface area contributed by atoms with Gasteiger partial charge in [-0.2, -0.15) is 0 Å². The van der Waals surface area contributed by atoms with E-state index in [1.807, 2.05) is 42.5 Å². The Bertz CT molecular complexity index is 1250. The first-order valence-electron chi connectivity index (χ1n) is 13.1. The van der Waals surface area contributed by atoms with Crippen LogP contribution in [0.5, 0.6) is 0 Å². The van der Waals surface area contributed by atoms with Crippen LogP contribution in [0.25, 0.3) is 11.0 Å². The molecule has 0 bridgehead atoms. The number of hydrogen-bond acceptors (Lipinski definition) is 5. The van der Waals surface area contributed by atoms with Gasteiger partial charge in [0.15, 0.2) is 0 Å². The van der Waals surface area contributed by atoms with Crippen molar-refractivity contribution in [2.45, 2.75) is 56.9 Å². The van der Waals surface area contributed by atoms with Crippen molar-refractivity contribution >= 4 is 40.5 Å². The molecule has 2 amide bonds. The number of nitrogens with one attached hydrogen (secondary N) is 3. The van der Waals surface area contributed by atoms with Crippen molar-refractivity contribution in [3.8, 4) is 0 Å². The number of carboxylic acids is 1. The number of hydrogen-bond donors (Lipinski definition) is 4. The van der Waals surface area contributed by atoms with E-state index in [2.05, 4.69) is 20.6 Å². The van der Waals surface area contributed by atoms with Crippen LogP contribution >= 0.6 is 0 Å². The molecule has 1 aliphatic carbocycles. The minimum Gasteiger partial charge on any atom is -0.481 e. The van der Waals surface area contributed by atoms with Crippen molar-refractivity contribution in [2.75, 3.05) is 23.3 Å². The minimum absolute atomic E-state index is 0.0290. The molecule has 1 saturated carbocycles. The van der Waals surface area contributed by atoms with Crippen LogP contribution < -0.4 is 15.5 Å². The van der Waals surface area contributed by atoms with Crippen LogP contribution in [-0.2, 0) is 14.4 Å². The molecule has 0 saturated heterocycles. The summed E-state index contributed by atoms with van der Waals surface area (Å²) in [6.07, 6.45) is 4.45. The van der Waals surface area contributed by atoms with Gasteiger partial charge in [-0.3, -0.25) is 14.4 Å². The lowest BCUT2D eigenvalue weighted by atomic mass is 9.86. The van der Waals surface area contributed by atoms with E-state index in [4.69, 9.17) is 0 Å². The molecule has 0 radical (unpaired) electrons. The molecule has 4 N–H and O–H groups in total. The molecule has 0 spiro atoms. The van der Waals surface area contributed by atoms with Crippen molar-refractivity contribution < 1.29 is 19.5 Å². The summed E-state index contributed by atoms with van der Waals surface area (Å²) < 4.78 is 0. The van der Waals surface area contributed by atoms with Gasteiger partial charge in [-0.05, 0) is 67.7 Å². The highest BCUT2D eigenvalue weighted by Crippen LogP contribution is 2.36. The second-order valence-corrected chi connectivity index (χ2v) is 10.1. The van der Waals surface area contributed by atoms with Crippen molar-refractivity contribution in [1.29, 1.82) is 0 Å². The van der Waals surface area contributed by atoms with Gasteiger partial charge in [0, 0.05) is 24.7 Å². The molecule has 1 aromatic heterocycles. The Morgan fingerprint density at radius 3 is 2.57 bits per heavy atom. The van der Waals surface area contributed by atoms with Gasteiger partial charge in [0.25, 0.3) is 0 Å². The molecule has 9 nitrogen and oxygen atoms in total. The summed E-state index contributed by atoms with van der Waals surface area (Å²) in [5.41, 5.74) is 3.42. The lowest BCUT2D eigenvalue weighted by Gasteiger charge is -2.30. The van der Waals surface area contributed by atoms with E-state index >= 15 is 0 Å². The number of H-pyrrole nitrogens is 1. The van der Waals surface area contributed by atoms with Crippen molar-refractivity contribution in [1.82, 2.24) is 15.3 Å². The Hall–Kier alpha value is -3.88. The van der Waals surface area contributed by atoms with Crippen molar-refractivity contribution in [2.24, 2.45) is 5.92 Å². The standard InChI is InChI=1S/C28H33N5O4/c34-25(17-33-24-8-4-1-5-21(24)19(15-27(36)37)11-14-26(33)35)30-20-12-9-18(10-13-20)16-29-28-31-22-6-2-3-7-23(22)32-28/h1-8,18-20H,9-17H2,(H,30,34)(H,36,37)(H2,29,31,32). The highest BCUT2D eigenvalue weighted by Gasteiger charge is 2.31. The Morgan fingerprint density at radius 2 is 1.78 bits per heavy atom. The number of nitrogens with zero attached hydrogens (tertiary/aromatic N) is 2. The van der Waals surface area contributed by atoms with Gasteiger partial charge in [0.1, 0.15) is 6.54 Å². The fourth-order valence-corrected chi connectivity index (χ4v) is 5.60. The third-order valence-electron chi connectivity index (χ3n) is 7.56. The van der Waals surface area contributed by atoms with Crippen LogP contribution in [0.2, 0.25) is 0 Å². The molecule has 194 valence electrons. The van der Waals surface area contributed by atoms with Crippen LogP contribution in [0, 0.1) is 5.92 Å². The normalized spacial score (nSPS) is 21.8. The number of benzene rings is 2. The van der Waals surface area contributed by atoms with Gasteiger partial charge in [-0.15, -0.1) is 0 Å². The predicted molar refractivity (Wildman–Crippen MR) is 141 cm³/mol. The largest absolute Gasteiger partial charge is 0.481 e. The first-order chi connectivity index (χ1) is 18.0. The van der Waals surface area contributed by atoms with Gasteiger partial charge in [0.2, 0.25) is 17.8 Å². The summed E-state index contributed by atoms with van der Waals surface area (Å²) in [6.45, 7) is 0.778. The van der Waals surface area contributed by atoms with Crippen LogP contribution in [-0.4, -0.2) is 52.0 Å². The fraction of sp³-hybridized carbons (Fsp3) is 0.429. The van der Waals surface area contributed by atoms with Gasteiger partial charge in [-0.25, -0.2) is 4.98 Å². The highest BCUT2D eigenvalue weighted by molar-refractivity contribution is 6.00. The molecular weight excluding hydrogens is 470 g/mol. The maximum Gasteiger partial charge on any atom is 0.303 e. The molecular formula is C28H33N5O4. The van der Waals surface area contributed by atoms with E-state index in [0.717, 1.165) is 54.8 Å². The number of rotatable bonds is 8. The summed E-state index contributed by atoms with van der Waals surface area (Å²) >= 11 is 0. The molecule has 1 atom stereocenters. The van der Waals surface area contributed by atoms with E-state index in [9.17, 15) is 19.5 Å². The third kappa shape index (κ3) is 5.93. The summed E-state index contributed by atoms with van der Waals surface area (Å²) in [6, 6.07) is 15.4. The SMILES string of the molecule is O=C(O)CC1CCC(=O)N(CC(=O)NC2CCC(CNc3nc4ccccc4[nH]3)CC2)c2ccccc21. The molecule has 2 aliphatic rings. The molecule has 1 fully saturated rings. The Kier molecular flexibility index (Phi) is 7.39. The molecule has 2 aromatic carbocycles. The summed E-state index contributed by atoms with van der Waals surface area (Å²) in [5.74, 6) is -0.160. The topological polar surface area (TPSA) is 127 Å². The molecule has 1 unspecified atom stereocenters. The number of fused-ring (bicyclic) bond motifs is 2. The van der Waals surface area contributed by atoms with Crippen molar-refractivity contribution in [3.63, 3.8) is 0 Å². The number of para-hydroxylation sites is 3. The van der Waals surface area contributed by atoms with Gasteiger partial charge in [-0.1, -0.05) is 30.3 Å². The summed E-state index contributed by atoms with van der Waals surface area (Å²) in [4.78, 5) is 46.6. The van der Waals surface area contributed by atoms with Crippen LogP contribution in [0.1, 0.15) is 56.4 Å². The quantitative estimate of drug-likeness (QED) is 0.367. The van der Waals surface area contributed by atoms with Crippen molar-refractivity contribution in [3.05, 3.63) is 54.1 Å². The maximum atomic E-state index is 13.0. The van der Waals surface area contributed by atoms with Crippen LogP contribution in [0.4, 0.5) is 11.6 Å². The number of aromatic nitrogens is 2. The number of anilines is 2. The van der Waals surface area contributed by atoms with E-state index < -0.39 is 5.97 Å². The number of carbonyl (C=O) groups excluding carboxylic acids is 2. The lowest BCUT2D eigenvalue weighted by molar-refractivity contribution is -0.137. The number of carboxylic acid groups (broad SMARTS) is 1. The van der Waals surface area contributed by atoms with Gasteiger partial charge in [0.05, 0.1) is 17.5 Å². The second kappa shape index (κ2) is 11.0. The van der Waals surface area contributed by atoms with E-state index in [1.54, 1.807) is 6.07 Å². The summed E-state index contributed by atoms with van der Waals surface area (Å²) in [7, 11) is 0. The first-order valence-corrected chi connectivity index (χ1v) is 13.1. The molecule has 5 rings (SSSR count). The maximum absolute atomic E-state index is 13.0. The third-order valence-corrected chi connectivity index (χ3v) is 7.56. The van der Waals surface area contributed by atoms with Crippen LogP contribution in [0.15, 0.2) is 48.5 Å². The van der Waals surface area contributed by atoms with E-state index in [-0.39, 0.29) is 43.2 Å². The lowest BCUT2D eigenvalue weighted by Crippen LogP contribution is -2.45. The zero-order valence-corrected chi connectivity index (χ0v) is 20.8. The second-order valence-electron chi connectivity index (χ2n) is 10.1. The minimum atomic E-state index is -0.887. The van der Waals surface area contributed by atoms with E-state index in [0.29, 0.717) is 18.0 Å². The van der Waals surface area contributed by atoms with E-state index in [1.165, 1.54) is 4.90 Å². The predicted octanol–water partition coefficient (Wildman–Crippen LogP) is 4.04. The Morgan fingerprint density at radius 1 is 1.03 bits per heavy atom. The zero-order chi connectivity index (χ0) is 25.8. The fourth-order valence-electron chi connectivity index (χ4n) is 5.60. The number of aliphatic carboxylic acids is 1. The smallest absolute Gasteiger partial charge is 0.303 e.